The van der Waals surface area contributed by atoms with Gasteiger partial charge in [0.05, 0.1) is 11.2 Å². The zero-order valence-corrected chi connectivity index (χ0v) is 10.5. The minimum atomic E-state index is 0. The smallest absolute Gasteiger partial charge is 0.0763 e. The fourth-order valence-corrected chi connectivity index (χ4v) is 1.75. The molecular formula is C11H20ClN3. The predicted octanol–water partition coefficient (Wildman–Crippen LogP) is 2.40. The SMILES string of the molecule is CC(C)(C)n1nc(CN)cc1C1CC1.Cl. The molecule has 1 saturated carbocycles. The molecule has 3 nitrogen and oxygen atoms in total. The van der Waals surface area contributed by atoms with E-state index in [0.717, 1.165) is 11.6 Å². The summed E-state index contributed by atoms with van der Waals surface area (Å²) in [6.45, 7) is 7.10. The third-order valence-electron chi connectivity index (χ3n) is 2.63. The van der Waals surface area contributed by atoms with Gasteiger partial charge in [0.15, 0.2) is 0 Å². The summed E-state index contributed by atoms with van der Waals surface area (Å²) in [4.78, 5) is 0. The van der Waals surface area contributed by atoms with Crippen LogP contribution in [0.4, 0.5) is 0 Å². The van der Waals surface area contributed by atoms with Crippen LogP contribution in [-0.4, -0.2) is 9.78 Å². The number of nitrogens with two attached hydrogens (primary N) is 1. The molecule has 0 saturated heterocycles. The largest absolute Gasteiger partial charge is 0.325 e. The predicted molar refractivity (Wildman–Crippen MR) is 64.3 cm³/mol. The maximum Gasteiger partial charge on any atom is 0.0763 e. The van der Waals surface area contributed by atoms with Gasteiger partial charge in [0.2, 0.25) is 0 Å². The van der Waals surface area contributed by atoms with E-state index in [0.29, 0.717) is 6.54 Å². The first kappa shape index (κ1) is 12.5. The number of nitrogens with zero attached hydrogens (tertiary/aromatic N) is 2. The van der Waals surface area contributed by atoms with E-state index in [1.807, 2.05) is 0 Å². The topological polar surface area (TPSA) is 43.8 Å². The highest BCUT2D eigenvalue weighted by Crippen LogP contribution is 2.41. The Bertz CT molecular complexity index is 334. The summed E-state index contributed by atoms with van der Waals surface area (Å²) < 4.78 is 2.15. The molecule has 0 spiro atoms. The summed E-state index contributed by atoms with van der Waals surface area (Å²) >= 11 is 0. The van der Waals surface area contributed by atoms with E-state index in [9.17, 15) is 0 Å². The molecule has 1 heterocycles. The molecule has 0 aliphatic heterocycles. The van der Waals surface area contributed by atoms with Gasteiger partial charge in [0.1, 0.15) is 0 Å². The number of hydrogen-bond donors (Lipinski definition) is 1. The van der Waals surface area contributed by atoms with Crippen molar-refractivity contribution in [1.29, 1.82) is 0 Å². The van der Waals surface area contributed by atoms with Gasteiger partial charge in [-0.25, -0.2) is 0 Å². The summed E-state index contributed by atoms with van der Waals surface area (Å²) in [6.07, 6.45) is 2.62. The van der Waals surface area contributed by atoms with Crippen LogP contribution >= 0.6 is 12.4 Å². The first-order valence-electron chi connectivity index (χ1n) is 5.32. The molecule has 0 bridgehead atoms. The van der Waals surface area contributed by atoms with Crippen molar-refractivity contribution in [3.05, 3.63) is 17.5 Å². The highest BCUT2D eigenvalue weighted by molar-refractivity contribution is 5.85. The Balaban J connectivity index is 0.00000112. The molecule has 2 rings (SSSR count). The van der Waals surface area contributed by atoms with Crippen LogP contribution in [0.3, 0.4) is 0 Å². The third-order valence-corrected chi connectivity index (χ3v) is 2.63. The molecule has 4 heteroatoms. The lowest BCUT2D eigenvalue weighted by molar-refractivity contribution is 0.341. The molecule has 1 aromatic heterocycles. The molecule has 0 unspecified atom stereocenters. The third kappa shape index (κ3) is 2.52. The average Bonchev–Trinajstić information content (AvgIpc) is 2.83. The van der Waals surface area contributed by atoms with Crippen molar-refractivity contribution in [2.24, 2.45) is 5.73 Å². The molecule has 86 valence electrons. The van der Waals surface area contributed by atoms with Crippen LogP contribution in [0.15, 0.2) is 6.07 Å². The Hall–Kier alpha value is -0.540. The van der Waals surface area contributed by atoms with Gasteiger partial charge in [-0.2, -0.15) is 5.10 Å². The highest BCUT2D eigenvalue weighted by atomic mass is 35.5. The fourth-order valence-electron chi connectivity index (χ4n) is 1.75. The lowest BCUT2D eigenvalue weighted by Gasteiger charge is -2.22. The van der Waals surface area contributed by atoms with Crippen LogP contribution in [0.5, 0.6) is 0 Å². The molecule has 0 radical (unpaired) electrons. The summed E-state index contributed by atoms with van der Waals surface area (Å²) in [6, 6.07) is 2.17. The van der Waals surface area contributed by atoms with E-state index in [-0.39, 0.29) is 17.9 Å². The average molecular weight is 230 g/mol. The Morgan fingerprint density at radius 1 is 1.47 bits per heavy atom. The van der Waals surface area contributed by atoms with Gasteiger partial charge in [-0.15, -0.1) is 12.4 Å². The zero-order chi connectivity index (χ0) is 10.3. The minimum Gasteiger partial charge on any atom is -0.325 e. The zero-order valence-electron chi connectivity index (χ0n) is 9.66. The Kier molecular flexibility index (Phi) is 3.46. The van der Waals surface area contributed by atoms with E-state index in [1.54, 1.807) is 0 Å². The maximum absolute atomic E-state index is 5.62. The van der Waals surface area contributed by atoms with Crippen molar-refractivity contribution >= 4 is 12.4 Å². The quantitative estimate of drug-likeness (QED) is 0.847. The van der Waals surface area contributed by atoms with Crippen molar-refractivity contribution in [3.8, 4) is 0 Å². The lowest BCUT2D eigenvalue weighted by Crippen LogP contribution is -2.25. The standard InChI is InChI=1S/C11H19N3.ClH/c1-11(2,3)14-10(8-4-5-8)6-9(7-12)13-14;/h6,8H,4-5,7,12H2,1-3H3;1H. The first-order valence-corrected chi connectivity index (χ1v) is 5.32. The summed E-state index contributed by atoms with van der Waals surface area (Å²) in [5, 5.41) is 4.55. The highest BCUT2D eigenvalue weighted by Gasteiger charge is 2.31. The van der Waals surface area contributed by atoms with Gasteiger partial charge >= 0.3 is 0 Å². The van der Waals surface area contributed by atoms with E-state index < -0.39 is 0 Å². The van der Waals surface area contributed by atoms with E-state index in [2.05, 4.69) is 36.6 Å². The van der Waals surface area contributed by atoms with Crippen molar-refractivity contribution in [1.82, 2.24) is 9.78 Å². The van der Waals surface area contributed by atoms with Gasteiger partial charge < -0.3 is 5.73 Å². The van der Waals surface area contributed by atoms with Crippen LogP contribution in [-0.2, 0) is 12.1 Å². The van der Waals surface area contributed by atoms with Crippen molar-refractivity contribution in [3.63, 3.8) is 0 Å². The first-order chi connectivity index (χ1) is 6.52. The second-order valence-electron chi connectivity index (χ2n) is 5.12. The van der Waals surface area contributed by atoms with E-state index >= 15 is 0 Å². The number of rotatable bonds is 2. The monoisotopic (exact) mass is 229 g/mol. The second kappa shape index (κ2) is 4.14. The van der Waals surface area contributed by atoms with Gasteiger partial charge in [-0.1, -0.05) is 0 Å². The van der Waals surface area contributed by atoms with Crippen LogP contribution in [0.1, 0.15) is 50.9 Å². The van der Waals surface area contributed by atoms with Gasteiger partial charge in [0.25, 0.3) is 0 Å². The molecule has 0 amide bonds. The second-order valence-corrected chi connectivity index (χ2v) is 5.12. The van der Waals surface area contributed by atoms with E-state index in [1.165, 1.54) is 18.5 Å². The van der Waals surface area contributed by atoms with Crippen LogP contribution in [0.2, 0.25) is 0 Å². The summed E-state index contributed by atoms with van der Waals surface area (Å²) in [7, 11) is 0. The van der Waals surface area contributed by atoms with Crippen molar-refractivity contribution in [2.75, 3.05) is 0 Å². The van der Waals surface area contributed by atoms with Gasteiger partial charge in [-0.3, -0.25) is 4.68 Å². The lowest BCUT2D eigenvalue weighted by atomic mass is 10.1. The molecule has 0 aromatic carbocycles. The van der Waals surface area contributed by atoms with E-state index in [4.69, 9.17) is 5.73 Å². The van der Waals surface area contributed by atoms with Crippen LogP contribution in [0.25, 0.3) is 0 Å². The molecule has 2 N–H and O–H groups in total. The molecular weight excluding hydrogens is 210 g/mol. The fraction of sp³-hybridized carbons (Fsp3) is 0.727. The molecule has 1 aliphatic rings. The summed E-state index contributed by atoms with van der Waals surface area (Å²) in [5.74, 6) is 0.738. The number of halogens is 1. The van der Waals surface area contributed by atoms with Gasteiger partial charge in [0, 0.05) is 18.2 Å². The maximum atomic E-state index is 5.62. The Morgan fingerprint density at radius 3 is 2.47 bits per heavy atom. The van der Waals surface area contributed by atoms with Gasteiger partial charge in [-0.05, 0) is 39.7 Å². The number of hydrogen-bond acceptors (Lipinski definition) is 2. The minimum absolute atomic E-state index is 0. The molecule has 1 fully saturated rings. The van der Waals surface area contributed by atoms with Crippen molar-refractivity contribution in [2.45, 2.75) is 51.6 Å². The molecule has 0 atom stereocenters. The van der Waals surface area contributed by atoms with Crippen LogP contribution in [0, 0.1) is 0 Å². The Labute approximate surface area is 97.4 Å². The van der Waals surface area contributed by atoms with Crippen LogP contribution < -0.4 is 5.73 Å². The van der Waals surface area contributed by atoms with Crippen molar-refractivity contribution < 1.29 is 0 Å². The summed E-state index contributed by atoms with van der Waals surface area (Å²) in [5.41, 5.74) is 8.08. The molecule has 15 heavy (non-hydrogen) atoms. The molecule has 1 aliphatic carbocycles. The number of aromatic nitrogens is 2. The Morgan fingerprint density at radius 2 is 2.07 bits per heavy atom. The normalized spacial score (nSPS) is 16.3. The molecule has 1 aromatic rings.